The van der Waals surface area contributed by atoms with Gasteiger partial charge in [-0.05, 0) is 56.4 Å². The molecule has 2 unspecified atom stereocenters. The minimum atomic E-state index is -0.780. The average molecular weight is 331 g/mol. The standard InChI is InChI=1S/C19H29N3O2/c1-12-15(13(2)22(5)21-12)7-6-10-20-17(24)19-9-8-14(11-16(19)23)18(19,3)4/h14H,6-11H2,1-5H3,(H,20,24). The van der Waals surface area contributed by atoms with Crippen LogP contribution in [0.2, 0.25) is 0 Å². The van der Waals surface area contributed by atoms with Crippen LogP contribution in [0.15, 0.2) is 0 Å². The van der Waals surface area contributed by atoms with Gasteiger partial charge < -0.3 is 5.32 Å². The number of Topliss-reactive ketones (excluding diaryl/α,β-unsaturated/α-hetero) is 1. The van der Waals surface area contributed by atoms with Crippen molar-refractivity contribution in [3.05, 3.63) is 17.0 Å². The first-order valence-corrected chi connectivity index (χ1v) is 9.02. The zero-order chi connectivity index (χ0) is 17.7. The molecule has 1 aromatic heterocycles. The predicted octanol–water partition coefficient (Wildman–Crippen LogP) is 2.48. The van der Waals surface area contributed by atoms with E-state index in [1.807, 2.05) is 18.7 Å². The molecule has 0 radical (unpaired) electrons. The molecule has 0 aliphatic heterocycles. The Morgan fingerprint density at radius 3 is 2.58 bits per heavy atom. The van der Waals surface area contributed by atoms with Crippen LogP contribution >= 0.6 is 0 Å². The summed E-state index contributed by atoms with van der Waals surface area (Å²) in [6.07, 6.45) is 4.07. The third-order valence-electron chi connectivity index (χ3n) is 6.83. The smallest absolute Gasteiger partial charge is 0.234 e. The molecule has 0 spiro atoms. The molecule has 1 amide bonds. The van der Waals surface area contributed by atoms with Gasteiger partial charge in [0.1, 0.15) is 11.2 Å². The number of hydrogen-bond acceptors (Lipinski definition) is 3. The zero-order valence-corrected chi connectivity index (χ0v) is 15.5. The summed E-state index contributed by atoms with van der Waals surface area (Å²) < 4.78 is 1.90. The van der Waals surface area contributed by atoms with E-state index < -0.39 is 5.41 Å². The molecule has 0 aromatic carbocycles. The van der Waals surface area contributed by atoms with Crippen molar-refractivity contribution in [2.75, 3.05) is 6.54 Å². The molecule has 2 saturated carbocycles. The van der Waals surface area contributed by atoms with Crippen molar-refractivity contribution in [1.82, 2.24) is 15.1 Å². The predicted molar refractivity (Wildman–Crippen MR) is 92.6 cm³/mol. The van der Waals surface area contributed by atoms with Crippen molar-refractivity contribution >= 4 is 11.7 Å². The molecule has 2 fully saturated rings. The highest BCUT2D eigenvalue weighted by Crippen LogP contribution is 2.63. The second-order valence-corrected chi connectivity index (χ2v) is 8.12. The van der Waals surface area contributed by atoms with Gasteiger partial charge in [0.25, 0.3) is 0 Å². The Labute approximate surface area is 144 Å². The van der Waals surface area contributed by atoms with Gasteiger partial charge in [0.05, 0.1) is 5.69 Å². The van der Waals surface area contributed by atoms with Crippen LogP contribution in [0.4, 0.5) is 0 Å². The quantitative estimate of drug-likeness (QED) is 0.666. The lowest BCUT2D eigenvalue weighted by atomic mass is 9.68. The SMILES string of the molecule is Cc1nn(C)c(C)c1CCCNC(=O)C12CCC(CC1=O)C2(C)C. The van der Waals surface area contributed by atoms with Gasteiger partial charge in [-0.3, -0.25) is 14.3 Å². The van der Waals surface area contributed by atoms with Gasteiger partial charge in [-0.2, -0.15) is 5.10 Å². The van der Waals surface area contributed by atoms with Crippen LogP contribution in [-0.4, -0.2) is 28.0 Å². The molecule has 2 aliphatic carbocycles. The minimum Gasteiger partial charge on any atom is -0.355 e. The maximum atomic E-state index is 12.9. The average Bonchev–Trinajstić information content (AvgIpc) is 2.99. The number of amides is 1. The highest BCUT2D eigenvalue weighted by atomic mass is 16.2. The number of aromatic nitrogens is 2. The summed E-state index contributed by atoms with van der Waals surface area (Å²) >= 11 is 0. The van der Waals surface area contributed by atoms with E-state index in [0.29, 0.717) is 18.9 Å². The molecule has 24 heavy (non-hydrogen) atoms. The van der Waals surface area contributed by atoms with E-state index >= 15 is 0 Å². The molecule has 2 bridgehead atoms. The van der Waals surface area contributed by atoms with Gasteiger partial charge in [-0.15, -0.1) is 0 Å². The lowest BCUT2D eigenvalue weighted by Gasteiger charge is -2.34. The maximum Gasteiger partial charge on any atom is 0.234 e. The first-order valence-electron chi connectivity index (χ1n) is 9.02. The number of nitrogens with one attached hydrogen (secondary N) is 1. The number of hydrogen-bond donors (Lipinski definition) is 1. The van der Waals surface area contributed by atoms with Crippen molar-refractivity contribution in [3.63, 3.8) is 0 Å². The van der Waals surface area contributed by atoms with Crippen molar-refractivity contribution in [2.24, 2.45) is 23.8 Å². The lowest BCUT2D eigenvalue weighted by molar-refractivity contribution is -0.144. The summed E-state index contributed by atoms with van der Waals surface area (Å²) in [5, 5.41) is 7.49. The Bertz CT molecular complexity index is 689. The maximum absolute atomic E-state index is 12.9. The van der Waals surface area contributed by atoms with Crippen LogP contribution in [0.3, 0.4) is 0 Å². The van der Waals surface area contributed by atoms with Gasteiger partial charge in [0.15, 0.2) is 0 Å². The molecule has 3 rings (SSSR count). The largest absolute Gasteiger partial charge is 0.355 e. The van der Waals surface area contributed by atoms with Crippen LogP contribution in [0, 0.1) is 30.6 Å². The Kier molecular flexibility index (Phi) is 4.09. The van der Waals surface area contributed by atoms with Crippen LogP contribution in [0.5, 0.6) is 0 Å². The molecule has 5 heteroatoms. The third kappa shape index (κ3) is 2.24. The summed E-state index contributed by atoms with van der Waals surface area (Å²) in [5.41, 5.74) is 2.53. The highest BCUT2D eigenvalue weighted by Gasteiger charge is 2.67. The van der Waals surface area contributed by atoms with E-state index in [-0.39, 0.29) is 17.1 Å². The first kappa shape index (κ1) is 17.2. The van der Waals surface area contributed by atoms with E-state index in [9.17, 15) is 9.59 Å². The minimum absolute atomic E-state index is 0.0443. The number of carbonyl (C=O) groups is 2. The fourth-order valence-electron chi connectivity index (χ4n) is 5.01. The number of ketones is 1. The Morgan fingerprint density at radius 1 is 1.38 bits per heavy atom. The fraction of sp³-hybridized carbons (Fsp3) is 0.737. The summed E-state index contributed by atoms with van der Waals surface area (Å²) in [6, 6.07) is 0. The van der Waals surface area contributed by atoms with Gasteiger partial charge in [0.2, 0.25) is 5.91 Å². The Balaban J connectivity index is 1.59. The topological polar surface area (TPSA) is 64.0 Å². The van der Waals surface area contributed by atoms with Crippen molar-refractivity contribution in [1.29, 1.82) is 0 Å². The van der Waals surface area contributed by atoms with E-state index in [0.717, 1.165) is 31.4 Å². The molecule has 2 aliphatic rings. The van der Waals surface area contributed by atoms with Gasteiger partial charge in [-0.25, -0.2) is 0 Å². The second kappa shape index (κ2) is 5.71. The molecule has 2 atom stereocenters. The van der Waals surface area contributed by atoms with E-state index in [2.05, 4.69) is 31.2 Å². The molecule has 5 nitrogen and oxygen atoms in total. The molecule has 0 saturated heterocycles. The number of carbonyl (C=O) groups excluding carboxylic acids is 2. The summed E-state index contributed by atoms with van der Waals surface area (Å²) in [4.78, 5) is 25.3. The summed E-state index contributed by atoms with van der Waals surface area (Å²) in [5.74, 6) is 0.480. The van der Waals surface area contributed by atoms with Crippen LogP contribution in [0.1, 0.15) is 56.5 Å². The number of rotatable bonds is 5. The molecule has 1 heterocycles. The monoisotopic (exact) mass is 331 g/mol. The first-order chi connectivity index (χ1) is 11.2. The van der Waals surface area contributed by atoms with Gasteiger partial charge in [-0.1, -0.05) is 13.8 Å². The van der Waals surface area contributed by atoms with E-state index in [4.69, 9.17) is 0 Å². The van der Waals surface area contributed by atoms with Gasteiger partial charge >= 0.3 is 0 Å². The molecule has 1 aromatic rings. The number of nitrogens with zero attached hydrogens (tertiary/aromatic N) is 2. The van der Waals surface area contributed by atoms with Crippen molar-refractivity contribution < 1.29 is 9.59 Å². The van der Waals surface area contributed by atoms with Crippen molar-refractivity contribution in [3.8, 4) is 0 Å². The molecule has 132 valence electrons. The van der Waals surface area contributed by atoms with Crippen molar-refractivity contribution in [2.45, 2.75) is 59.8 Å². The normalized spacial score (nSPS) is 27.7. The van der Waals surface area contributed by atoms with E-state index in [1.165, 1.54) is 11.3 Å². The zero-order valence-electron chi connectivity index (χ0n) is 15.5. The number of fused-ring (bicyclic) bond motifs is 2. The number of aryl methyl sites for hydroxylation is 2. The fourth-order valence-corrected chi connectivity index (χ4v) is 5.01. The molecular formula is C19H29N3O2. The highest BCUT2D eigenvalue weighted by molar-refractivity contribution is 6.09. The molecule has 1 N–H and O–H groups in total. The third-order valence-corrected chi connectivity index (χ3v) is 6.83. The van der Waals surface area contributed by atoms with Crippen LogP contribution in [0.25, 0.3) is 0 Å². The van der Waals surface area contributed by atoms with Crippen LogP contribution < -0.4 is 5.32 Å². The second-order valence-electron chi connectivity index (χ2n) is 8.12. The van der Waals surface area contributed by atoms with Crippen LogP contribution in [-0.2, 0) is 23.1 Å². The summed E-state index contributed by atoms with van der Waals surface area (Å²) in [6.45, 7) is 8.90. The lowest BCUT2D eigenvalue weighted by Crippen LogP contribution is -2.50. The molecular weight excluding hydrogens is 302 g/mol. The Morgan fingerprint density at radius 2 is 2.08 bits per heavy atom. The summed E-state index contributed by atoms with van der Waals surface area (Å²) in [7, 11) is 1.96. The Hall–Kier alpha value is -1.65. The van der Waals surface area contributed by atoms with Gasteiger partial charge in [0, 0.05) is 25.7 Å². The van der Waals surface area contributed by atoms with E-state index in [1.54, 1.807) is 0 Å².